The Morgan fingerprint density at radius 1 is 1.40 bits per heavy atom. The van der Waals surface area contributed by atoms with Crippen LogP contribution in [0.2, 0.25) is 0 Å². The van der Waals surface area contributed by atoms with Gasteiger partial charge in [0.15, 0.2) is 5.82 Å². The molecule has 1 unspecified atom stereocenters. The van der Waals surface area contributed by atoms with Crippen molar-refractivity contribution in [3.8, 4) is 0 Å². The van der Waals surface area contributed by atoms with Crippen LogP contribution in [0.15, 0.2) is 6.07 Å². The molecular formula is C11H19N3O. The highest BCUT2D eigenvalue weighted by Crippen LogP contribution is 2.22. The third kappa shape index (κ3) is 2.97. The number of aromatic nitrogens is 2. The maximum Gasteiger partial charge on any atom is 0.157 e. The van der Waals surface area contributed by atoms with Crippen LogP contribution in [0.3, 0.4) is 0 Å². The zero-order valence-corrected chi connectivity index (χ0v) is 9.82. The van der Waals surface area contributed by atoms with Crippen LogP contribution in [0.5, 0.6) is 0 Å². The lowest BCUT2D eigenvalue weighted by Gasteiger charge is -2.18. The minimum atomic E-state index is -0.0600. The highest BCUT2D eigenvalue weighted by Gasteiger charge is 2.18. The molecule has 0 spiro atoms. The summed E-state index contributed by atoms with van der Waals surface area (Å²) >= 11 is 0. The Labute approximate surface area is 90.9 Å². The molecule has 2 N–H and O–H groups in total. The molecule has 0 radical (unpaired) electrons. The highest BCUT2D eigenvalue weighted by molar-refractivity contribution is 5.11. The van der Waals surface area contributed by atoms with E-state index in [4.69, 9.17) is 10.5 Å². The van der Waals surface area contributed by atoms with Gasteiger partial charge < -0.3 is 10.5 Å². The Morgan fingerprint density at radius 3 is 2.53 bits per heavy atom. The van der Waals surface area contributed by atoms with Crippen molar-refractivity contribution >= 4 is 0 Å². The van der Waals surface area contributed by atoms with Gasteiger partial charge in [-0.3, -0.25) is 0 Å². The van der Waals surface area contributed by atoms with E-state index in [1.807, 2.05) is 13.0 Å². The molecule has 15 heavy (non-hydrogen) atoms. The number of nitrogens with zero attached hydrogens (tertiary/aromatic N) is 2. The monoisotopic (exact) mass is 209 g/mol. The fraction of sp³-hybridized carbons (Fsp3) is 0.636. The first-order chi connectivity index (χ1) is 7.08. The first kappa shape index (κ1) is 12.1. The van der Waals surface area contributed by atoms with Crippen molar-refractivity contribution in [3.63, 3.8) is 0 Å². The summed E-state index contributed by atoms with van der Waals surface area (Å²) in [5, 5.41) is 0. The summed E-state index contributed by atoms with van der Waals surface area (Å²) in [5.41, 5.74) is 7.37. The maximum atomic E-state index is 5.57. The Hall–Kier alpha value is -1.00. The van der Waals surface area contributed by atoms with Crippen molar-refractivity contribution < 1.29 is 4.74 Å². The second-order valence-corrected chi connectivity index (χ2v) is 3.96. The molecule has 1 aromatic heterocycles. The van der Waals surface area contributed by atoms with Crippen LogP contribution < -0.4 is 5.73 Å². The summed E-state index contributed by atoms with van der Waals surface area (Å²) < 4.78 is 5.39. The van der Waals surface area contributed by atoms with Gasteiger partial charge in [-0.15, -0.1) is 0 Å². The van der Waals surface area contributed by atoms with Crippen molar-refractivity contribution in [2.45, 2.75) is 33.4 Å². The standard InChI is InChI=1S/C11H19N3O/c1-7(2)10(15-4)11-13-8(3)5-9(6-12)14-11/h5,7,10H,6,12H2,1-4H3. The third-order valence-electron chi connectivity index (χ3n) is 2.25. The van der Waals surface area contributed by atoms with E-state index in [2.05, 4.69) is 23.8 Å². The number of nitrogens with two attached hydrogens (primary N) is 1. The molecule has 84 valence electrons. The maximum absolute atomic E-state index is 5.57. The van der Waals surface area contributed by atoms with Gasteiger partial charge in [0.25, 0.3) is 0 Å². The third-order valence-corrected chi connectivity index (χ3v) is 2.25. The summed E-state index contributed by atoms with van der Waals surface area (Å²) in [6, 6.07) is 1.90. The van der Waals surface area contributed by atoms with Crippen LogP contribution in [-0.4, -0.2) is 17.1 Å². The molecule has 4 heteroatoms. The van der Waals surface area contributed by atoms with Gasteiger partial charge in [0.1, 0.15) is 6.10 Å². The van der Waals surface area contributed by atoms with E-state index in [9.17, 15) is 0 Å². The van der Waals surface area contributed by atoms with Crippen LogP contribution in [0.4, 0.5) is 0 Å². The number of rotatable bonds is 4. The van der Waals surface area contributed by atoms with Crippen LogP contribution in [0.25, 0.3) is 0 Å². The molecule has 0 amide bonds. The molecule has 0 aromatic carbocycles. The summed E-state index contributed by atoms with van der Waals surface area (Å²) in [7, 11) is 1.68. The van der Waals surface area contributed by atoms with Crippen LogP contribution in [-0.2, 0) is 11.3 Å². The van der Waals surface area contributed by atoms with Crippen LogP contribution in [0.1, 0.15) is 37.2 Å². The lowest BCUT2D eigenvalue weighted by molar-refractivity contribution is 0.0571. The van der Waals surface area contributed by atoms with E-state index in [-0.39, 0.29) is 6.10 Å². The van der Waals surface area contributed by atoms with Crippen LogP contribution in [0, 0.1) is 12.8 Å². The highest BCUT2D eigenvalue weighted by atomic mass is 16.5. The molecule has 0 bridgehead atoms. The normalized spacial score (nSPS) is 13.2. The number of methoxy groups -OCH3 is 1. The molecule has 4 nitrogen and oxygen atoms in total. The number of hydrogen-bond donors (Lipinski definition) is 1. The van der Waals surface area contributed by atoms with E-state index >= 15 is 0 Å². The topological polar surface area (TPSA) is 61.0 Å². The fourth-order valence-electron chi connectivity index (χ4n) is 1.57. The molecule has 0 aliphatic carbocycles. The van der Waals surface area contributed by atoms with E-state index in [1.165, 1.54) is 0 Å². The second kappa shape index (κ2) is 5.19. The Bertz CT molecular complexity index is 326. The average molecular weight is 209 g/mol. The number of hydrogen-bond acceptors (Lipinski definition) is 4. The lowest BCUT2D eigenvalue weighted by atomic mass is 10.1. The van der Waals surface area contributed by atoms with Gasteiger partial charge in [-0.05, 0) is 18.9 Å². The SMILES string of the molecule is COC(c1nc(C)cc(CN)n1)C(C)C. The minimum Gasteiger partial charge on any atom is -0.373 e. The van der Waals surface area contributed by atoms with Gasteiger partial charge in [-0.25, -0.2) is 9.97 Å². The van der Waals surface area contributed by atoms with Gasteiger partial charge in [0, 0.05) is 19.3 Å². The minimum absolute atomic E-state index is 0.0600. The quantitative estimate of drug-likeness (QED) is 0.818. The molecular weight excluding hydrogens is 190 g/mol. The fourth-order valence-corrected chi connectivity index (χ4v) is 1.57. The van der Waals surface area contributed by atoms with Gasteiger partial charge >= 0.3 is 0 Å². The van der Waals surface area contributed by atoms with Crippen molar-refractivity contribution in [2.75, 3.05) is 7.11 Å². The molecule has 0 aliphatic rings. The van der Waals surface area contributed by atoms with Crippen molar-refractivity contribution in [3.05, 3.63) is 23.3 Å². The van der Waals surface area contributed by atoms with E-state index in [0.717, 1.165) is 17.2 Å². The molecule has 1 atom stereocenters. The van der Waals surface area contributed by atoms with Gasteiger partial charge in [-0.2, -0.15) is 0 Å². The largest absolute Gasteiger partial charge is 0.373 e. The number of aryl methyl sites for hydroxylation is 1. The van der Waals surface area contributed by atoms with Crippen molar-refractivity contribution in [1.29, 1.82) is 0 Å². The van der Waals surface area contributed by atoms with Gasteiger partial charge in [0.2, 0.25) is 0 Å². The molecule has 0 aliphatic heterocycles. The number of ether oxygens (including phenoxy) is 1. The first-order valence-electron chi connectivity index (χ1n) is 5.15. The second-order valence-electron chi connectivity index (χ2n) is 3.96. The zero-order valence-electron chi connectivity index (χ0n) is 9.82. The first-order valence-corrected chi connectivity index (χ1v) is 5.15. The van der Waals surface area contributed by atoms with Gasteiger partial charge in [-0.1, -0.05) is 13.8 Å². The summed E-state index contributed by atoms with van der Waals surface area (Å²) in [6.45, 7) is 6.55. The molecule has 1 aromatic rings. The molecule has 1 heterocycles. The Morgan fingerprint density at radius 2 is 2.07 bits per heavy atom. The summed E-state index contributed by atoms with van der Waals surface area (Å²) in [4.78, 5) is 8.77. The lowest BCUT2D eigenvalue weighted by Crippen LogP contribution is -2.15. The molecule has 1 rings (SSSR count). The zero-order chi connectivity index (χ0) is 11.4. The predicted octanol–water partition coefficient (Wildman–Crippen LogP) is 1.59. The molecule has 0 fully saturated rings. The van der Waals surface area contributed by atoms with E-state index in [0.29, 0.717) is 12.5 Å². The molecule has 0 saturated heterocycles. The summed E-state index contributed by atoms with van der Waals surface area (Å²) in [5.74, 6) is 1.08. The van der Waals surface area contributed by atoms with Crippen molar-refractivity contribution in [1.82, 2.24) is 9.97 Å². The average Bonchev–Trinajstić information content (AvgIpc) is 2.17. The molecule has 0 saturated carbocycles. The Balaban J connectivity index is 3.06. The Kier molecular flexibility index (Phi) is 4.17. The van der Waals surface area contributed by atoms with E-state index < -0.39 is 0 Å². The van der Waals surface area contributed by atoms with Gasteiger partial charge in [0.05, 0.1) is 5.69 Å². The van der Waals surface area contributed by atoms with Crippen molar-refractivity contribution in [2.24, 2.45) is 11.7 Å². The predicted molar refractivity (Wildman–Crippen MR) is 59.2 cm³/mol. The van der Waals surface area contributed by atoms with E-state index in [1.54, 1.807) is 7.11 Å². The smallest absolute Gasteiger partial charge is 0.157 e. The summed E-state index contributed by atoms with van der Waals surface area (Å²) in [6.07, 6.45) is -0.0600. The van der Waals surface area contributed by atoms with Crippen LogP contribution >= 0.6 is 0 Å².